The summed E-state index contributed by atoms with van der Waals surface area (Å²) in [6, 6.07) is 0.441. The Hall–Kier alpha value is -0.0800. The summed E-state index contributed by atoms with van der Waals surface area (Å²) in [5.41, 5.74) is 6.36. The minimum atomic E-state index is 0.441. The summed E-state index contributed by atoms with van der Waals surface area (Å²) in [5, 5.41) is 0. The van der Waals surface area contributed by atoms with Crippen molar-refractivity contribution in [3.8, 4) is 0 Å². The highest BCUT2D eigenvalue weighted by molar-refractivity contribution is 4.85. The molecular weight excluding hydrogens is 220 g/mol. The standard InChI is InChI=1S/C16H34N2/c1-5-9-18(10-6-2)12-15-11-14(13(3)4)7-8-16(15)17/h13-16H,5-12,17H2,1-4H3. The third kappa shape index (κ3) is 4.89. The quantitative estimate of drug-likeness (QED) is 0.753. The van der Waals surface area contributed by atoms with Gasteiger partial charge in [-0.2, -0.15) is 0 Å². The molecule has 0 radical (unpaired) electrons. The summed E-state index contributed by atoms with van der Waals surface area (Å²) < 4.78 is 0. The van der Waals surface area contributed by atoms with Gasteiger partial charge < -0.3 is 10.6 Å². The fraction of sp³-hybridized carbons (Fsp3) is 1.00. The molecule has 0 aromatic carbocycles. The van der Waals surface area contributed by atoms with Gasteiger partial charge in [-0.1, -0.05) is 27.7 Å². The average molecular weight is 254 g/mol. The van der Waals surface area contributed by atoms with Crippen molar-refractivity contribution in [2.45, 2.75) is 65.8 Å². The second kappa shape index (κ2) is 8.16. The maximum absolute atomic E-state index is 6.36. The fourth-order valence-electron chi connectivity index (χ4n) is 3.40. The second-order valence-electron chi connectivity index (χ2n) is 6.54. The maximum Gasteiger partial charge on any atom is 0.00795 e. The van der Waals surface area contributed by atoms with Gasteiger partial charge in [0.2, 0.25) is 0 Å². The smallest absolute Gasteiger partial charge is 0.00795 e. The zero-order chi connectivity index (χ0) is 13.5. The molecule has 108 valence electrons. The molecule has 1 aliphatic carbocycles. The first-order valence-electron chi connectivity index (χ1n) is 8.06. The van der Waals surface area contributed by atoms with Gasteiger partial charge in [0, 0.05) is 12.6 Å². The monoisotopic (exact) mass is 254 g/mol. The van der Waals surface area contributed by atoms with Gasteiger partial charge in [-0.15, -0.1) is 0 Å². The number of nitrogens with two attached hydrogens (primary N) is 1. The molecule has 2 N–H and O–H groups in total. The van der Waals surface area contributed by atoms with Crippen molar-refractivity contribution in [3.05, 3.63) is 0 Å². The van der Waals surface area contributed by atoms with E-state index in [0.29, 0.717) is 6.04 Å². The van der Waals surface area contributed by atoms with Gasteiger partial charge in [0.05, 0.1) is 0 Å². The lowest BCUT2D eigenvalue weighted by Crippen LogP contribution is -2.44. The molecule has 0 spiro atoms. The molecule has 1 aliphatic rings. The predicted molar refractivity (Wildman–Crippen MR) is 80.7 cm³/mol. The predicted octanol–water partition coefficient (Wildman–Crippen LogP) is 3.51. The first kappa shape index (κ1) is 16.0. The molecule has 18 heavy (non-hydrogen) atoms. The zero-order valence-electron chi connectivity index (χ0n) is 13.0. The van der Waals surface area contributed by atoms with Crippen molar-refractivity contribution >= 4 is 0 Å². The third-order valence-electron chi connectivity index (χ3n) is 4.60. The molecule has 0 aromatic heterocycles. The molecule has 0 heterocycles. The average Bonchev–Trinajstić information content (AvgIpc) is 2.32. The van der Waals surface area contributed by atoms with E-state index in [0.717, 1.165) is 17.8 Å². The lowest BCUT2D eigenvalue weighted by molar-refractivity contribution is 0.136. The van der Waals surface area contributed by atoms with Crippen LogP contribution in [0.4, 0.5) is 0 Å². The van der Waals surface area contributed by atoms with E-state index < -0.39 is 0 Å². The van der Waals surface area contributed by atoms with E-state index in [2.05, 4.69) is 32.6 Å². The van der Waals surface area contributed by atoms with Crippen LogP contribution in [-0.4, -0.2) is 30.6 Å². The highest BCUT2D eigenvalue weighted by Gasteiger charge is 2.30. The van der Waals surface area contributed by atoms with E-state index >= 15 is 0 Å². The van der Waals surface area contributed by atoms with Gasteiger partial charge in [0.15, 0.2) is 0 Å². The zero-order valence-corrected chi connectivity index (χ0v) is 13.0. The third-order valence-corrected chi connectivity index (χ3v) is 4.60. The number of rotatable bonds is 7. The van der Waals surface area contributed by atoms with Crippen molar-refractivity contribution in [3.63, 3.8) is 0 Å². The molecule has 2 nitrogen and oxygen atoms in total. The first-order valence-corrected chi connectivity index (χ1v) is 8.06. The van der Waals surface area contributed by atoms with Gasteiger partial charge in [0.1, 0.15) is 0 Å². The van der Waals surface area contributed by atoms with Crippen molar-refractivity contribution in [1.29, 1.82) is 0 Å². The molecule has 0 bridgehead atoms. The Morgan fingerprint density at radius 1 is 1.11 bits per heavy atom. The maximum atomic E-state index is 6.36. The molecule has 0 aromatic rings. The first-order chi connectivity index (χ1) is 8.58. The Balaban J connectivity index is 2.50. The van der Waals surface area contributed by atoms with Crippen LogP contribution in [-0.2, 0) is 0 Å². The van der Waals surface area contributed by atoms with E-state index in [1.807, 2.05) is 0 Å². The van der Waals surface area contributed by atoms with Crippen molar-refractivity contribution < 1.29 is 0 Å². The van der Waals surface area contributed by atoms with E-state index in [1.165, 1.54) is 51.7 Å². The molecule has 3 unspecified atom stereocenters. The summed E-state index contributed by atoms with van der Waals surface area (Å²) in [6.45, 7) is 13.0. The summed E-state index contributed by atoms with van der Waals surface area (Å²) in [7, 11) is 0. The van der Waals surface area contributed by atoms with E-state index in [4.69, 9.17) is 5.73 Å². The fourth-order valence-corrected chi connectivity index (χ4v) is 3.40. The van der Waals surface area contributed by atoms with Crippen LogP contribution < -0.4 is 5.73 Å². The molecule has 0 saturated heterocycles. The van der Waals surface area contributed by atoms with E-state index in [1.54, 1.807) is 0 Å². The Morgan fingerprint density at radius 2 is 1.72 bits per heavy atom. The molecular formula is C16H34N2. The highest BCUT2D eigenvalue weighted by Crippen LogP contribution is 2.33. The summed E-state index contributed by atoms with van der Waals surface area (Å²) in [6.07, 6.45) is 6.45. The van der Waals surface area contributed by atoms with Gasteiger partial charge in [-0.25, -0.2) is 0 Å². The van der Waals surface area contributed by atoms with Crippen LogP contribution in [0.25, 0.3) is 0 Å². The minimum Gasteiger partial charge on any atom is -0.327 e. The molecule has 0 aliphatic heterocycles. The molecule has 0 amide bonds. The normalized spacial score (nSPS) is 29.2. The molecule has 1 rings (SSSR count). The van der Waals surface area contributed by atoms with Crippen LogP contribution in [0, 0.1) is 17.8 Å². The molecule has 1 saturated carbocycles. The summed E-state index contributed by atoms with van der Waals surface area (Å²) >= 11 is 0. The van der Waals surface area contributed by atoms with Gasteiger partial charge >= 0.3 is 0 Å². The van der Waals surface area contributed by atoms with Crippen molar-refractivity contribution in [1.82, 2.24) is 4.90 Å². The van der Waals surface area contributed by atoms with Crippen LogP contribution in [0.1, 0.15) is 59.8 Å². The van der Waals surface area contributed by atoms with Crippen LogP contribution in [0.3, 0.4) is 0 Å². The van der Waals surface area contributed by atoms with Gasteiger partial charge in [0.25, 0.3) is 0 Å². The molecule has 3 atom stereocenters. The Labute approximate surface area is 114 Å². The largest absolute Gasteiger partial charge is 0.327 e. The lowest BCUT2D eigenvalue weighted by Gasteiger charge is -2.38. The van der Waals surface area contributed by atoms with Crippen LogP contribution in [0.2, 0.25) is 0 Å². The Morgan fingerprint density at radius 3 is 2.22 bits per heavy atom. The van der Waals surface area contributed by atoms with Crippen molar-refractivity contribution in [2.24, 2.45) is 23.5 Å². The second-order valence-corrected chi connectivity index (χ2v) is 6.54. The van der Waals surface area contributed by atoms with Crippen LogP contribution in [0.15, 0.2) is 0 Å². The Bertz CT molecular complexity index is 209. The Kier molecular flexibility index (Phi) is 7.25. The SMILES string of the molecule is CCCN(CCC)CC1CC(C(C)C)CCC1N. The highest BCUT2D eigenvalue weighted by atomic mass is 15.1. The van der Waals surface area contributed by atoms with Crippen molar-refractivity contribution in [2.75, 3.05) is 19.6 Å². The summed E-state index contributed by atoms with van der Waals surface area (Å²) in [4.78, 5) is 2.63. The van der Waals surface area contributed by atoms with E-state index in [-0.39, 0.29) is 0 Å². The van der Waals surface area contributed by atoms with E-state index in [9.17, 15) is 0 Å². The summed E-state index contributed by atoms with van der Waals surface area (Å²) in [5.74, 6) is 2.45. The van der Waals surface area contributed by atoms with Gasteiger partial charge in [-0.05, 0) is 62.9 Å². The number of nitrogens with zero attached hydrogens (tertiary/aromatic N) is 1. The number of hydrogen-bond acceptors (Lipinski definition) is 2. The topological polar surface area (TPSA) is 29.3 Å². The minimum absolute atomic E-state index is 0.441. The number of hydrogen-bond donors (Lipinski definition) is 1. The lowest BCUT2D eigenvalue weighted by atomic mass is 9.73. The van der Waals surface area contributed by atoms with Gasteiger partial charge in [-0.3, -0.25) is 0 Å². The molecule has 1 fully saturated rings. The molecule has 2 heteroatoms. The van der Waals surface area contributed by atoms with Crippen LogP contribution >= 0.6 is 0 Å². The van der Waals surface area contributed by atoms with Crippen LogP contribution in [0.5, 0.6) is 0 Å².